The number of hydrogen-bond acceptors (Lipinski definition) is 2. The summed E-state index contributed by atoms with van der Waals surface area (Å²) in [5.74, 6) is 0.160. The molecule has 4 heteroatoms. The molecule has 0 saturated heterocycles. The summed E-state index contributed by atoms with van der Waals surface area (Å²) in [4.78, 5) is 0. The lowest BCUT2D eigenvalue weighted by Crippen LogP contribution is -2.01. The Morgan fingerprint density at radius 3 is 2.36 bits per heavy atom. The molecule has 0 radical (unpaired) electrons. The van der Waals surface area contributed by atoms with E-state index in [4.69, 9.17) is 5.11 Å². The first-order chi connectivity index (χ1) is 6.72. The predicted octanol–water partition coefficient (Wildman–Crippen LogP) is 2.21. The van der Waals surface area contributed by atoms with Crippen LogP contribution in [0, 0.1) is 0 Å². The number of aliphatic hydroxyl groups excluding tert-OH is 1. The molecule has 78 valence electrons. The number of ether oxygens (including phenoxy) is 1. The van der Waals surface area contributed by atoms with Gasteiger partial charge in [0.2, 0.25) is 0 Å². The lowest BCUT2D eigenvalue weighted by Gasteiger charge is -2.05. The van der Waals surface area contributed by atoms with Gasteiger partial charge < -0.3 is 9.84 Å². The second-order valence-corrected chi connectivity index (χ2v) is 2.85. The second-order valence-electron chi connectivity index (χ2n) is 2.85. The molecule has 0 unspecified atom stereocenters. The van der Waals surface area contributed by atoms with E-state index in [1.54, 1.807) is 12.1 Å². The van der Waals surface area contributed by atoms with E-state index in [0.717, 1.165) is 12.0 Å². The first-order valence-electron chi connectivity index (χ1n) is 4.37. The number of aliphatic hydroxyl groups is 1. The van der Waals surface area contributed by atoms with E-state index in [2.05, 4.69) is 4.74 Å². The average Bonchev–Trinajstić information content (AvgIpc) is 2.16. The molecule has 0 aliphatic heterocycles. The van der Waals surface area contributed by atoms with E-state index >= 15 is 0 Å². The van der Waals surface area contributed by atoms with Crippen LogP contribution in [0.4, 0.5) is 8.78 Å². The van der Waals surface area contributed by atoms with E-state index in [1.807, 2.05) is 0 Å². The molecule has 0 aliphatic rings. The minimum atomic E-state index is -2.78. The molecule has 0 spiro atoms. The second kappa shape index (κ2) is 5.54. The Balaban J connectivity index is 2.50. The monoisotopic (exact) mass is 202 g/mol. The van der Waals surface area contributed by atoms with Crippen molar-refractivity contribution in [3.8, 4) is 5.75 Å². The molecule has 0 bridgehead atoms. The number of alkyl halides is 2. The van der Waals surface area contributed by atoms with Crippen molar-refractivity contribution < 1.29 is 18.6 Å². The largest absolute Gasteiger partial charge is 0.435 e. The highest BCUT2D eigenvalue weighted by atomic mass is 19.3. The molecule has 0 aromatic heterocycles. The van der Waals surface area contributed by atoms with Gasteiger partial charge in [-0.3, -0.25) is 0 Å². The van der Waals surface area contributed by atoms with Gasteiger partial charge in [0, 0.05) is 6.61 Å². The number of benzene rings is 1. The van der Waals surface area contributed by atoms with E-state index in [-0.39, 0.29) is 12.4 Å². The third-order valence-electron chi connectivity index (χ3n) is 1.77. The van der Waals surface area contributed by atoms with Crippen molar-refractivity contribution in [1.82, 2.24) is 0 Å². The number of halogens is 2. The maximum atomic E-state index is 11.8. The van der Waals surface area contributed by atoms with Crippen molar-refractivity contribution in [3.05, 3.63) is 29.8 Å². The third-order valence-corrected chi connectivity index (χ3v) is 1.77. The van der Waals surface area contributed by atoms with Crippen LogP contribution in [0.25, 0.3) is 0 Å². The van der Waals surface area contributed by atoms with Gasteiger partial charge in [-0.25, -0.2) is 0 Å². The van der Waals surface area contributed by atoms with Gasteiger partial charge in [-0.2, -0.15) is 8.78 Å². The first kappa shape index (κ1) is 10.9. The molecule has 0 heterocycles. The van der Waals surface area contributed by atoms with E-state index in [1.165, 1.54) is 12.1 Å². The fourth-order valence-electron chi connectivity index (χ4n) is 1.12. The topological polar surface area (TPSA) is 29.5 Å². The highest BCUT2D eigenvalue weighted by Crippen LogP contribution is 2.15. The molecular weight excluding hydrogens is 190 g/mol. The minimum absolute atomic E-state index is 0.134. The zero-order valence-corrected chi connectivity index (χ0v) is 7.62. The van der Waals surface area contributed by atoms with Crippen molar-refractivity contribution in [2.24, 2.45) is 0 Å². The van der Waals surface area contributed by atoms with Crippen LogP contribution in [0.3, 0.4) is 0 Å². The van der Waals surface area contributed by atoms with Gasteiger partial charge >= 0.3 is 6.61 Å². The lowest BCUT2D eigenvalue weighted by atomic mass is 10.1. The van der Waals surface area contributed by atoms with Gasteiger partial charge in [0.15, 0.2) is 0 Å². The van der Waals surface area contributed by atoms with Gasteiger partial charge in [0.1, 0.15) is 5.75 Å². The molecule has 14 heavy (non-hydrogen) atoms. The summed E-state index contributed by atoms with van der Waals surface area (Å²) in [6, 6.07) is 6.43. The fourth-order valence-corrected chi connectivity index (χ4v) is 1.12. The van der Waals surface area contributed by atoms with Crippen LogP contribution in [-0.2, 0) is 6.42 Å². The quantitative estimate of drug-likeness (QED) is 0.793. The van der Waals surface area contributed by atoms with Crippen molar-refractivity contribution in [2.45, 2.75) is 19.5 Å². The molecule has 0 saturated carbocycles. The van der Waals surface area contributed by atoms with Crippen LogP contribution in [0.1, 0.15) is 12.0 Å². The van der Waals surface area contributed by atoms with Crippen LogP contribution in [0.2, 0.25) is 0 Å². The Morgan fingerprint density at radius 1 is 1.21 bits per heavy atom. The predicted molar refractivity (Wildman–Crippen MR) is 48.5 cm³/mol. The molecule has 0 atom stereocenters. The zero-order valence-electron chi connectivity index (χ0n) is 7.62. The zero-order chi connectivity index (χ0) is 10.4. The summed E-state index contributed by atoms with van der Waals surface area (Å²) < 4.78 is 27.7. The maximum Gasteiger partial charge on any atom is 0.387 e. The van der Waals surface area contributed by atoms with Crippen LogP contribution in [-0.4, -0.2) is 18.3 Å². The summed E-state index contributed by atoms with van der Waals surface area (Å²) in [5, 5.41) is 8.58. The van der Waals surface area contributed by atoms with Gasteiger partial charge in [-0.1, -0.05) is 12.1 Å². The molecule has 0 amide bonds. The van der Waals surface area contributed by atoms with Gasteiger partial charge in [-0.05, 0) is 30.5 Å². The fraction of sp³-hybridized carbons (Fsp3) is 0.400. The average molecular weight is 202 g/mol. The molecule has 1 rings (SSSR count). The van der Waals surface area contributed by atoms with Crippen molar-refractivity contribution in [2.75, 3.05) is 6.61 Å². The molecule has 0 fully saturated rings. The van der Waals surface area contributed by atoms with Crippen molar-refractivity contribution in [1.29, 1.82) is 0 Å². The molecule has 0 aliphatic carbocycles. The van der Waals surface area contributed by atoms with E-state index in [0.29, 0.717) is 6.42 Å². The van der Waals surface area contributed by atoms with Crippen LogP contribution >= 0.6 is 0 Å². The van der Waals surface area contributed by atoms with E-state index in [9.17, 15) is 8.78 Å². The molecule has 1 aromatic carbocycles. The number of hydrogen-bond donors (Lipinski definition) is 1. The van der Waals surface area contributed by atoms with Crippen molar-refractivity contribution in [3.63, 3.8) is 0 Å². The highest BCUT2D eigenvalue weighted by molar-refractivity contribution is 5.27. The first-order valence-corrected chi connectivity index (χ1v) is 4.37. The summed E-state index contributed by atoms with van der Waals surface area (Å²) in [6.07, 6.45) is 1.42. The number of aryl methyl sites for hydroxylation is 1. The van der Waals surface area contributed by atoms with Crippen LogP contribution in [0.5, 0.6) is 5.75 Å². The van der Waals surface area contributed by atoms with Gasteiger partial charge in [0.05, 0.1) is 0 Å². The van der Waals surface area contributed by atoms with Crippen LogP contribution in [0.15, 0.2) is 24.3 Å². The van der Waals surface area contributed by atoms with Gasteiger partial charge in [-0.15, -0.1) is 0 Å². The normalized spacial score (nSPS) is 10.6. The van der Waals surface area contributed by atoms with Gasteiger partial charge in [0.25, 0.3) is 0 Å². The number of rotatable bonds is 5. The Bertz CT molecular complexity index is 259. The Labute approximate surface area is 81.1 Å². The Kier molecular flexibility index (Phi) is 4.32. The van der Waals surface area contributed by atoms with E-state index < -0.39 is 6.61 Å². The van der Waals surface area contributed by atoms with Crippen LogP contribution < -0.4 is 4.74 Å². The highest BCUT2D eigenvalue weighted by Gasteiger charge is 2.03. The smallest absolute Gasteiger partial charge is 0.387 e. The summed E-state index contributed by atoms with van der Waals surface area (Å²) >= 11 is 0. The third kappa shape index (κ3) is 3.70. The SMILES string of the molecule is OCCCc1ccc(OC(F)F)cc1. The summed E-state index contributed by atoms with van der Waals surface area (Å²) in [5.41, 5.74) is 1.00. The Hall–Kier alpha value is -1.16. The maximum absolute atomic E-state index is 11.8. The summed E-state index contributed by atoms with van der Waals surface area (Å²) in [6.45, 7) is -2.65. The summed E-state index contributed by atoms with van der Waals surface area (Å²) in [7, 11) is 0. The molecule has 1 aromatic rings. The Morgan fingerprint density at radius 2 is 1.86 bits per heavy atom. The minimum Gasteiger partial charge on any atom is -0.435 e. The molecule has 1 N–H and O–H groups in total. The lowest BCUT2D eigenvalue weighted by molar-refractivity contribution is -0.0498. The van der Waals surface area contributed by atoms with Crippen molar-refractivity contribution >= 4 is 0 Å². The molecule has 2 nitrogen and oxygen atoms in total. The molecular formula is C10H12F2O2. The standard InChI is InChI=1S/C10H12F2O2/c11-10(12)14-9-5-3-8(4-6-9)2-1-7-13/h3-6,10,13H,1-2,7H2.